The highest BCUT2D eigenvalue weighted by Crippen LogP contribution is 2.45. The molecule has 1 N–H and O–H groups in total. The highest BCUT2D eigenvalue weighted by Gasteiger charge is 2.36. The molecule has 0 spiro atoms. The lowest BCUT2D eigenvalue weighted by Crippen LogP contribution is -2.35. The Kier molecular flexibility index (Phi) is 5.11. The fraction of sp³-hybridized carbons (Fsp3) is 0.364. The average Bonchev–Trinajstić information content (AvgIpc) is 2.49. The minimum atomic E-state index is -0.853. The van der Waals surface area contributed by atoms with Crippen molar-refractivity contribution in [3.63, 3.8) is 0 Å². The second-order valence-corrected chi connectivity index (χ2v) is 6.74. The molecule has 1 aromatic carbocycles. The smallest absolute Gasteiger partial charge is 0.0871 e. The van der Waals surface area contributed by atoms with Gasteiger partial charge in [0, 0.05) is 5.92 Å². The fourth-order valence-electron chi connectivity index (χ4n) is 3.45. The van der Waals surface area contributed by atoms with E-state index in [0.717, 1.165) is 12.8 Å². The zero-order valence-electron chi connectivity index (χ0n) is 14.8. The third-order valence-electron chi connectivity index (χ3n) is 5.10. The molecule has 0 amide bonds. The summed E-state index contributed by atoms with van der Waals surface area (Å²) >= 11 is 0. The Bertz CT molecular complexity index is 686. The zero-order valence-corrected chi connectivity index (χ0v) is 14.8. The highest BCUT2D eigenvalue weighted by atomic mass is 16.3. The summed E-state index contributed by atoms with van der Waals surface area (Å²) in [5.74, 6) is 0.0338. The molecule has 1 nitrogen and oxygen atoms in total. The van der Waals surface area contributed by atoms with Crippen molar-refractivity contribution in [1.29, 1.82) is 0 Å². The number of rotatable bonds is 5. The van der Waals surface area contributed by atoms with E-state index < -0.39 is 5.60 Å². The summed E-state index contributed by atoms with van der Waals surface area (Å²) in [5.41, 5.74) is 6.64. The summed E-state index contributed by atoms with van der Waals surface area (Å²) in [5, 5.41) is 10.9. The molecule has 0 aromatic heterocycles. The highest BCUT2D eigenvalue weighted by molar-refractivity contribution is 5.79. The van der Waals surface area contributed by atoms with Crippen LogP contribution >= 0.6 is 0 Å². The van der Waals surface area contributed by atoms with Gasteiger partial charge in [-0.3, -0.25) is 0 Å². The predicted octanol–water partition coefficient (Wildman–Crippen LogP) is 5.54. The number of hydrogen-bond donors (Lipinski definition) is 1. The van der Waals surface area contributed by atoms with Gasteiger partial charge in [0.1, 0.15) is 0 Å². The van der Waals surface area contributed by atoms with Gasteiger partial charge < -0.3 is 5.11 Å². The van der Waals surface area contributed by atoms with Crippen molar-refractivity contribution in [3.8, 4) is 0 Å². The van der Waals surface area contributed by atoms with Crippen LogP contribution in [-0.2, 0) is 0 Å². The van der Waals surface area contributed by atoms with E-state index in [2.05, 4.69) is 52.1 Å². The van der Waals surface area contributed by atoms with Crippen LogP contribution in [0.1, 0.15) is 43.4 Å². The van der Waals surface area contributed by atoms with Crippen LogP contribution in [0.5, 0.6) is 0 Å². The van der Waals surface area contributed by atoms with Crippen LogP contribution in [0.4, 0.5) is 0 Å². The van der Waals surface area contributed by atoms with E-state index >= 15 is 0 Å². The van der Waals surface area contributed by atoms with Gasteiger partial charge in [0.05, 0.1) is 5.60 Å². The van der Waals surface area contributed by atoms with Gasteiger partial charge in [0.25, 0.3) is 0 Å². The molecule has 1 aromatic rings. The molecule has 0 aliphatic heterocycles. The van der Waals surface area contributed by atoms with Crippen molar-refractivity contribution >= 4 is 5.57 Å². The van der Waals surface area contributed by atoms with Gasteiger partial charge in [-0.25, -0.2) is 0 Å². The molecule has 0 bridgehead atoms. The first kappa shape index (κ1) is 17.5. The van der Waals surface area contributed by atoms with E-state index in [4.69, 9.17) is 0 Å². The van der Waals surface area contributed by atoms with Gasteiger partial charge >= 0.3 is 0 Å². The van der Waals surface area contributed by atoms with E-state index in [0.29, 0.717) is 0 Å². The van der Waals surface area contributed by atoms with Crippen LogP contribution in [0.2, 0.25) is 0 Å². The third-order valence-corrected chi connectivity index (χ3v) is 5.10. The van der Waals surface area contributed by atoms with Crippen LogP contribution < -0.4 is 0 Å². The molecule has 122 valence electrons. The predicted molar refractivity (Wildman–Crippen MR) is 100 cm³/mol. The molecular weight excluding hydrogens is 280 g/mol. The van der Waals surface area contributed by atoms with Crippen LogP contribution in [0, 0.1) is 19.8 Å². The molecule has 2 rings (SSSR count). The summed E-state index contributed by atoms with van der Waals surface area (Å²) in [7, 11) is 0. The Labute approximate surface area is 140 Å². The van der Waals surface area contributed by atoms with Crippen LogP contribution in [0.3, 0.4) is 0 Å². The van der Waals surface area contributed by atoms with Crippen molar-refractivity contribution in [2.75, 3.05) is 0 Å². The molecule has 1 aliphatic carbocycles. The lowest BCUT2D eigenvalue weighted by Gasteiger charge is -2.38. The van der Waals surface area contributed by atoms with Crippen molar-refractivity contribution in [3.05, 3.63) is 77.4 Å². The Morgan fingerprint density at radius 2 is 1.83 bits per heavy atom. The number of allylic oxidation sites excluding steroid dienone is 4. The molecule has 23 heavy (non-hydrogen) atoms. The Balaban J connectivity index is 2.77. The second-order valence-electron chi connectivity index (χ2n) is 6.74. The first-order valence-electron chi connectivity index (χ1n) is 8.29. The number of aryl methyl sites for hydroxylation is 1. The van der Waals surface area contributed by atoms with Gasteiger partial charge in [-0.1, -0.05) is 37.3 Å². The summed E-state index contributed by atoms with van der Waals surface area (Å²) in [4.78, 5) is 0. The second kappa shape index (κ2) is 6.72. The topological polar surface area (TPSA) is 20.2 Å². The van der Waals surface area contributed by atoms with Gasteiger partial charge in [0.2, 0.25) is 0 Å². The molecule has 0 heterocycles. The first-order valence-corrected chi connectivity index (χ1v) is 8.29. The van der Waals surface area contributed by atoms with Gasteiger partial charge in [0.15, 0.2) is 0 Å². The van der Waals surface area contributed by atoms with Crippen LogP contribution in [-0.4, -0.2) is 10.7 Å². The maximum atomic E-state index is 10.9. The third kappa shape index (κ3) is 3.25. The molecule has 2 unspecified atom stereocenters. The van der Waals surface area contributed by atoms with E-state index in [9.17, 15) is 5.11 Å². The summed E-state index contributed by atoms with van der Waals surface area (Å²) in [6.07, 6.45) is 7.43. The quantitative estimate of drug-likeness (QED) is 0.708. The average molecular weight is 308 g/mol. The molecule has 1 heteroatoms. The van der Waals surface area contributed by atoms with Crippen LogP contribution in [0.15, 0.2) is 60.7 Å². The van der Waals surface area contributed by atoms with Crippen molar-refractivity contribution in [2.24, 2.45) is 5.92 Å². The van der Waals surface area contributed by atoms with E-state index in [-0.39, 0.29) is 5.92 Å². The standard InChI is InChI=1S/C22H28O/c1-7-10-18-14-22(6,23)17(5)21(20(18)11-8-2)19-13-9-12-15(3)16(19)4/h7-9,12-14,17,23H,1-2,10-11H2,3-6H3. The summed E-state index contributed by atoms with van der Waals surface area (Å²) in [6, 6.07) is 6.41. The molecule has 0 fully saturated rings. The largest absolute Gasteiger partial charge is 0.385 e. The summed E-state index contributed by atoms with van der Waals surface area (Å²) in [6.45, 7) is 16.1. The number of benzene rings is 1. The van der Waals surface area contributed by atoms with E-state index in [1.165, 1.54) is 33.4 Å². The Morgan fingerprint density at radius 1 is 1.17 bits per heavy atom. The lowest BCUT2D eigenvalue weighted by atomic mass is 9.70. The SMILES string of the molecule is C=CCC1=CC(C)(O)C(C)C(c2cccc(C)c2C)=C1CC=C. The maximum absolute atomic E-state index is 10.9. The number of aliphatic hydroxyl groups is 1. The molecule has 1 aliphatic rings. The first-order chi connectivity index (χ1) is 10.8. The van der Waals surface area contributed by atoms with E-state index in [1.54, 1.807) is 0 Å². The molecule has 2 atom stereocenters. The minimum absolute atomic E-state index is 0.0338. The molecule has 0 saturated carbocycles. The Hall–Kier alpha value is -1.86. The van der Waals surface area contributed by atoms with E-state index in [1.807, 2.05) is 25.2 Å². The molecular formula is C22H28O. The molecule has 0 saturated heterocycles. The van der Waals surface area contributed by atoms with Crippen molar-refractivity contribution in [1.82, 2.24) is 0 Å². The van der Waals surface area contributed by atoms with Gasteiger partial charge in [-0.2, -0.15) is 0 Å². The van der Waals surface area contributed by atoms with Crippen LogP contribution in [0.25, 0.3) is 5.57 Å². The van der Waals surface area contributed by atoms with Crippen molar-refractivity contribution < 1.29 is 5.11 Å². The van der Waals surface area contributed by atoms with Crippen molar-refractivity contribution in [2.45, 2.75) is 46.1 Å². The minimum Gasteiger partial charge on any atom is -0.385 e. The van der Waals surface area contributed by atoms with Gasteiger partial charge in [-0.05, 0) is 73.1 Å². The zero-order chi connectivity index (χ0) is 17.2. The lowest BCUT2D eigenvalue weighted by molar-refractivity contribution is 0.0755. The number of hydrogen-bond acceptors (Lipinski definition) is 1. The Morgan fingerprint density at radius 3 is 2.43 bits per heavy atom. The maximum Gasteiger partial charge on any atom is 0.0871 e. The summed E-state index contributed by atoms with van der Waals surface area (Å²) < 4.78 is 0. The molecule has 0 radical (unpaired) electrons. The fourth-order valence-corrected chi connectivity index (χ4v) is 3.45. The van der Waals surface area contributed by atoms with Gasteiger partial charge in [-0.15, -0.1) is 13.2 Å². The monoisotopic (exact) mass is 308 g/mol. The normalized spacial score (nSPS) is 24.4.